The van der Waals surface area contributed by atoms with Crippen LogP contribution in [0.15, 0.2) is 47.6 Å². The van der Waals surface area contributed by atoms with Crippen molar-refractivity contribution < 1.29 is 28.6 Å². The van der Waals surface area contributed by atoms with E-state index in [1.807, 2.05) is 13.8 Å². The predicted molar refractivity (Wildman–Crippen MR) is 119 cm³/mol. The maximum Gasteiger partial charge on any atom is 0.329 e. The normalized spacial score (nSPS) is 10.5. The molecule has 0 unspecified atom stereocenters. The number of carbonyl (C=O) groups is 3. The molecule has 32 heavy (non-hydrogen) atoms. The van der Waals surface area contributed by atoms with Gasteiger partial charge in [-0.05, 0) is 55.8 Å². The number of nitrogens with zero attached hydrogens (tertiary/aromatic N) is 1. The summed E-state index contributed by atoms with van der Waals surface area (Å²) in [6, 6.07) is 11.5. The van der Waals surface area contributed by atoms with Gasteiger partial charge in [0.25, 0.3) is 5.91 Å². The van der Waals surface area contributed by atoms with Crippen LogP contribution in [0.1, 0.15) is 19.4 Å². The molecule has 10 nitrogen and oxygen atoms in total. The molecule has 0 fully saturated rings. The second kappa shape index (κ2) is 11.9. The Labute approximate surface area is 185 Å². The molecule has 0 heterocycles. The predicted octanol–water partition coefficient (Wildman–Crippen LogP) is 1.70. The van der Waals surface area contributed by atoms with Gasteiger partial charge in [0, 0.05) is 12.1 Å². The highest BCUT2D eigenvalue weighted by Gasteiger charge is 2.16. The van der Waals surface area contributed by atoms with E-state index in [0.717, 1.165) is 0 Å². The van der Waals surface area contributed by atoms with Crippen LogP contribution in [0.25, 0.3) is 0 Å². The molecule has 2 aromatic rings. The Morgan fingerprint density at radius 2 is 1.66 bits per heavy atom. The third-order valence-electron chi connectivity index (χ3n) is 3.94. The third-order valence-corrected chi connectivity index (χ3v) is 3.94. The van der Waals surface area contributed by atoms with Crippen molar-refractivity contribution in [3.63, 3.8) is 0 Å². The minimum Gasteiger partial charge on any atom is -0.497 e. The molecule has 0 aromatic heterocycles. The maximum absolute atomic E-state index is 12.1. The molecule has 0 saturated heterocycles. The van der Waals surface area contributed by atoms with Gasteiger partial charge in [-0.2, -0.15) is 5.10 Å². The molecule has 3 amide bonds. The van der Waals surface area contributed by atoms with Crippen LogP contribution in [0.4, 0.5) is 5.69 Å². The zero-order valence-corrected chi connectivity index (χ0v) is 18.3. The first-order chi connectivity index (χ1) is 15.3. The molecule has 0 aliphatic carbocycles. The summed E-state index contributed by atoms with van der Waals surface area (Å²) in [6.45, 7) is 3.64. The zero-order valence-electron chi connectivity index (χ0n) is 18.3. The minimum absolute atomic E-state index is 0.0412. The summed E-state index contributed by atoms with van der Waals surface area (Å²) < 4.78 is 15.6. The average Bonchev–Trinajstić information content (AvgIpc) is 2.77. The van der Waals surface area contributed by atoms with Gasteiger partial charge in [0.05, 0.1) is 26.1 Å². The monoisotopic (exact) mass is 442 g/mol. The van der Waals surface area contributed by atoms with Crippen molar-refractivity contribution in [1.29, 1.82) is 0 Å². The Kier molecular flexibility index (Phi) is 9.03. The van der Waals surface area contributed by atoms with Gasteiger partial charge < -0.3 is 24.8 Å². The first-order valence-corrected chi connectivity index (χ1v) is 9.71. The second-order valence-electron chi connectivity index (χ2n) is 6.80. The first kappa shape index (κ1) is 24.2. The van der Waals surface area contributed by atoms with Crippen molar-refractivity contribution in [3.8, 4) is 17.2 Å². The summed E-state index contributed by atoms with van der Waals surface area (Å²) >= 11 is 0. The summed E-state index contributed by atoms with van der Waals surface area (Å²) in [6.07, 6.45) is 1.37. The van der Waals surface area contributed by atoms with Gasteiger partial charge in [0.15, 0.2) is 6.61 Å². The van der Waals surface area contributed by atoms with E-state index in [-0.39, 0.29) is 24.2 Å². The summed E-state index contributed by atoms with van der Waals surface area (Å²) in [5, 5.41) is 8.95. The Morgan fingerprint density at radius 1 is 0.969 bits per heavy atom. The van der Waals surface area contributed by atoms with Gasteiger partial charge in [-0.15, -0.1) is 0 Å². The SMILES string of the molecule is COc1ccc(OC)c(NC(=O)C(=O)N/N=C\c2ccc(OCC(=O)NC(C)C)cc2)c1. The number of hydrogen-bond acceptors (Lipinski definition) is 7. The number of rotatable bonds is 9. The molecule has 2 aromatic carbocycles. The second-order valence-corrected chi connectivity index (χ2v) is 6.80. The standard InChI is InChI=1S/C22H26N4O6/c1-14(2)24-20(27)13-32-16-7-5-15(6-8-16)12-23-26-22(29)21(28)25-18-11-17(30-3)9-10-19(18)31-4/h5-12,14H,13H2,1-4H3,(H,24,27)(H,25,28)(H,26,29)/b23-12-. The Morgan fingerprint density at radius 3 is 2.28 bits per heavy atom. The first-order valence-electron chi connectivity index (χ1n) is 9.71. The summed E-state index contributed by atoms with van der Waals surface area (Å²) in [4.78, 5) is 35.7. The molecular weight excluding hydrogens is 416 g/mol. The van der Waals surface area contributed by atoms with Crippen LogP contribution in [0.3, 0.4) is 0 Å². The highest BCUT2D eigenvalue weighted by atomic mass is 16.5. The van der Waals surface area contributed by atoms with E-state index in [4.69, 9.17) is 14.2 Å². The lowest BCUT2D eigenvalue weighted by atomic mass is 10.2. The van der Waals surface area contributed by atoms with Crippen LogP contribution < -0.4 is 30.3 Å². The van der Waals surface area contributed by atoms with E-state index in [2.05, 4.69) is 21.2 Å². The lowest BCUT2D eigenvalue weighted by molar-refractivity contribution is -0.136. The van der Waals surface area contributed by atoms with Crippen LogP contribution in [0, 0.1) is 0 Å². The number of amides is 3. The quantitative estimate of drug-likeness (QED) is 0.308. The number of ether oxygens (including phenoxy) is 3. The largest absolute Gasteiger partial charge is 0.497 e. The molecule has 170 valence electrons. The van der Waals surface area contributed by atoms with Crippen LogP contribution in [-0.4, -0.2) is 50.8 Å². The van der Waals surface area contributed by atoms with E-state index < -0.39 is 11.8 Å². The molecule has 0 spiro atoms. The van der Waals surface area contributed by atoms with Crippen molar-refractivity contribution in [2.24, 2.45) is 5.10 Å². The van der Waals surface area contributed by atoms with Crippen molar-refractivity contribution in [1.82, 2.24) is 10.7 Å². The Hall–Kier alpha value is -4.08. The molecule has 0 aliphatic rings. The Bertz CT molecular complexity index is 973. The molecule has 3 N–H and O–H groups in total. The molecule has 0 aliphatic heterocycles. The molecule has 0 radical (unpaired) electrons. The maximum atomic E-state index is 12.1. The molecule has 2 rings (SSSR count). The summed E-state index contributed by atoms with van der Waals surface area (Å²) in [5.74, 6) is -0.707. The number of nitrogens with one attached hydrogen (secondary N) is 3. The fourth-order valence-electron chi connectivity index (χ4n) is 2.47. The molecular formula is C22H26N4O6. The fourth-order valence-corrected chi connectivity index (χ4v) is 2.47. The third kappa shape index (κ3) is 7.63. The number of carbonyl (C=O) groups excluding carboxylic acids is 3. The molecule has 0 bridgehead atoms. The van der Waals surface area contributed by atoms with Crippen molar-refractivity contribution >= 4 is 29.6 Å². The van der Waals surface area contributed by atoms with E-state index >= 15 is 0 Å². The number of hydrogen-bond donors (Lipinski definition) is 3. The number of benzene rings is 2. The van der Waals surface area contributed by atoms with E-state index in [1.54, 1.807) is 36.4 Å². The molecule has 0 saturated carbocycles. The van der Waals surface area contributed by atoms with Gasteiger partial charge in [-0.1, -0.05) is 0 Å². The van der Waals surface area contributed by atoms with Crippen molar-refractivity contribution in [2.45, 2.75) is 19.9 Å². The van der Waals surface area contributed by atoms with Gasteiger partial charge in [0.1, 0.15) is 17.2 Å². The number of anilines is 1. The summed E-state index contributed by atoms with van der Waals surface area (Å²) in [7, 11) is 2.93. The molecule has 10 heteroatoms. The van der Waals surface area contributed by atoms with E-state index in [0.29, 0.717) is 22.8 Å². The average molecular weight is 442 g/mol. The van der Waals surface area contributed by atoms with E-state index in [9.17, 15) is 14.4 Å². The van der Waals surface area contributed by atoms with Crippen LogP contribution in [0.5, 0.6) is 17.2 Å². The van der Waals surface area contributed by atoms with Crippen molar-refractivity contribution in [3.05, 3.63) is 48.0 Å². The van der Waals surface area contributed by atoms with Crippen LogP contribution >= 0.6 is 0 Å². The Balaban J connectivity index is 1.86. The highest BCUT2D eigenvalue weighted by molar-refractivity contribution is 6.39. The smallest absolute Gasteiger partial charge is 0.329 e. The minimum atomic E-state index is -0.956. The zero-order chi connectivity index (χ0) is 23.5. The van der Waals surface area contributed by atoms with Crippen molar-refractivity contribution in [2.75, 3.05) is 26.1 Å². The van der Waals surface area contributed by atoms with Crippen LogP contribution in [0.2, 0.25) is 0 Å². The topological polar surface area (TPSA) is 127 Å². The fraction of sp³-hybridized carbons (Fsp3) is 0.273. The highest BCUT2D eigenvalue weighted by Crippen LogP contribution is 2.28. The van der Waals surface area contributed by atoms with Gasteiger partial charge in [-0.3, -0.25) is 14.4 Å². The molecule has 0 atom stereocenters. The van der Waals surface area contributed by atoms with Gasteiger partial charge in [0.2, 0.25) is 0 Å². The van der Waals surface area contributed by atoms with Gasteiger partial charge >= 0.3 is 11.8 Å². The lowest BCUT2D eigenvalue weighted by Gasteiger charge is -2.11. The number of hydrazone groups is 1. The number of methoxy groups -OCH3 is 2. The van der Waals surface area contributed by atoms with E-state index in [1.165, 1.54) is 26.5 Å². The van der Waals surface area contributed by atoms with Gasteiger partial charge in [-0.25, -0.2) is 5.43 Å². The van der Waals surface area contributed by atoms with Crippen LogP contribution in [-0.2, 0) is 14.4 Å². The lowest BCUT2D eigenvalue weighted by Crippen LogP contribution is -2.34. The summed E-state index contributed by atoms with van der Waals surface area (Å²) in [5.41, 5.74) is 3.09.